The first-order chi connectivity index (χ1) is 13.3. The highest BCUT2D eigenvalue weighted by Crippen LogP contribution is 2.31. The third-order valence-electron chi connectivity index (χ3n) is 3.76. The summed E-state index contributed by atoms with van der Waals surface area (Å²) in [6.07, 6.45) is 2.84. The largest absolute Gasteiger partial charge is 0.250 e. The summed E-state index contributed by atoms with van der Waals surface area (Å²) in [7, 11) is 0. The summed E-state index contributed by atoms with van der Waals surface area (Å²) < 4.78 is 1.84. The topological polar surface area (TPSA) is 69.4 Å². The fraction of sp³-hybridized carbons (Fsp3) is 0.211. The molecule has 0 radical (unpaired) electrons. The van der Waals surface area contributed by atoms with Crippen LogP contribution in [0.2, 0.25) is 0 Å². The van der Waals surface area contributed by atoms with Gasteiger partial charge >= 0.3 is 0 Å². The van der Waals surface area contributed by atoms with Gasteiger partial charge in [0.15, 0.2) is 16.3 Å². The third-order valence-corrected chi connectivity index (χ3v) is 5.74. The van der Waals surface area contributed by atoms with E-state index < -0.39 is 0 Å². The van der Waals surface area contributed by atoms with Crippen LogP contribution in [-0.4, -0.2) is 35.7 Å². The van der Waals surface area contributed by atoms with Crippen molar-refractivity contribution in [3.05, 3.63) is 60.3 Å². The number of thioether (sulfide) groups is 1. The van der Waals surface area contributed by atoms with E-state index in [-0.39, 0.29) is 0 Å². The van der Waals surface area contributed by atoms with E-state index in [0.717, 1.165) is 38.6 Å². The maximum atomic E-state index is 4.73. The molecule has 0 saturated heterocycles. The Labute approximate surface area is 165 Å². The highest BCUT2D eigenvalue weighted by atomic mass is 32.2. The molecule has 6 nitrogen and oxygen atoms in total. The first-order valence-electron chi connectivity index (χ1n) is 8.70. The van der Waals surface area contributed by atoms with Gasteiger partial charge in [0.25, 0.3) is 0 Å². The molecule has 1 aromatic carbocycles. The third kappa shape index (κ3) is 4.28. The van der Waals surface area contributed by atoms with Gasteiger partial charge in [-0.1, -0.05) is 60.3 Å². The van der Waals surface area contributed by atoms with Crippen LogP contribution in [0.5, 0.6) is 0 Å². The molecule has 0 amide bonds. The second-order valence-corrected chi connectivity index (χ2v) is 7.91. The van der Waals surface area contributed by atoms with Gasteiger partial charge in [0.1, 0.15) is 10.1 Å². The van der Waals surface area contributed by atoms with E-state index in [9.17, 15) is 0 Å². The zero-order valence-electron chi connectivity index (χ0n) is 14.8. The zero-order valence-corrected chi connectivity index (χ0v) is 16.5. The Bertz CT molecular complexity index is 1020. The van der Waals surface area contributed by atoms with Gasteiger partial charge in [0.2, 0.25) is 0 Å². The lowest BCUT2D eigenvalue weighted by atomic mass is 10.2. The molecular formula is C19H18N6S2. The van der Waals surface area contributed by atoms with Gasteiger partial charge in [-0.25, -0.2) is 19.6 Å². The average molecular weight is 395 g/mol. The Kier molecular flexibility index (Phi) is 5.64. The molecule has 3 aromatic heterocycles. The van der Waals surface area contributed by atoms with Gasteiger partial charge in [-0.05, 0) is 35.9 Å². The molecule has 0 unspecified atom stereocenters. The van der Waals surface area contributed by atoms with Gasteiger partial charge < -0.3 is 0 Å². The van der Waals surface area contributed by atoms with Crippen LogP contribution in [0.4, 0.5) is 0 Å². The van der Waals surface area contributed by atoms with Crippen LogP contribution in [0, 0.1) is 0 Å². The molecule has 0 N–H and O–H groups in total. The molecule has 0 spiro atoms. The lowest BCUT2D eigenvalue weighted by molar-refractivity contribution is 0.661. The van der Waals surface area contributed by atoms with Crippen molar-refractivity contribution < 1.29 is 0 Å². The van der Waals surface area contributed by atoms with E-state index in [2.05, 4.69) is 34.4 Å². The lowest BCUT2D eigenvalue weighted by Gasteiger charge is -2.06. The molecule has 27 heavy (non-hydrogen) atoms. The maximum Gasteiger partial charge on any atom is 0.190 e. The molecule has 0 aliphatic rings. The normalized spacial score (nSPS) is 11.1. The van der Waals surface area contributed by atoms with E-state index >= 15 is 0 Å². The van der Waals surface area contributed by atoms with Crippen molar-refractivity contribution in [1.29, 1.82) is 0 Å². The predicted molar refractivity (Wildman–Crippen MR) is 108 cm³/mol. The minimum Gasteiger partial charge on any atom is -0.250 e. The monoisotopic (exact) mass is 394 g/mol. The number of pyridine rings is 1. The van der Waals surface area contributed by atoms with Crippen LogP contribution >= 0.6 is 23.5 Å². The van der Waals surface area contributed by atoms with Gasteiger partial charge in [-0.2, -0.15) is 0 Å². The van der Waals surface area contributed by atoms with Crippen LogP contribution in [0.15, 0.2) is 69.9 Å². The van der Waals surface area contributed by atoms with Gasteiger partial charge in [-0.3, -0.25) is 0 Å². The molecule has 4 rings (SSSR count). The second-order valence-electron chi connectivity index (χ2n) is 5.83. The van der Waals surface area contributed by atoms with Crippen molar-refractivity contribution in [2.75, 3.05) is 5.75 Å². The Morgan fingerprint density at radius 1 is 1.00 bits per heavy atom. The summed E-state index contributed by atoms with van der Waals surface area (Å²) in [5.41, 5.74) is 2.62. The highest BCUT2D eigenvalue weighted by molar-refractivity contribution is 7.99. The standard InChI is InChI=1S/C19H18N6S2/c1-2-12-26-19-21-17-16(18(22-19)27-15-10-6-7-11-20-15)23-24-25(17)13-14-8-4-3-5-9-14/h3-11H,2,12-13H2,1H3. The van der Waals surface area contributed by atoms with Crippen LogP contribution < -0.4 is 0 Å². The molecule has 0 atom stereocenters. The minimum atomic E-state index is 0.625. The van der Waals surface area contributed by atoms with E-state index in [4.69, 9.17) is 9.97 Å². The maximum absolute atomic E-state index is 4.73. The second kappa shape index (κ2) is 8.49. The summed E-state index contributed by atoms with van der Waals surface area (Å²) in [5, 5.41) is 11.1. The van der Waals surface area contributed by atoms with Gasteiger partial charge in [-0.15, -0.1) is 5.10 Å². The summed E-state index contributed by atoms with van der Waals surface area (Å²) in [5.74, 6) is 0.972. The molecule has 0 fully saturated rings. The predicted octanol–water partition coefficient (Wildman–Crippen LogP) is 4.32. The fourth-order valence-electron chi connectivity index (χ4n) is 2.51. The minimum absolute atomic E-state index is 0.625. The number of rotatable bonds is 7. The fourth-order valence-corrected chi connectivity index (χ4v) is 4.08. The number of fused-ring (bicyclic) bond motifs is 1. The number of hydrogen-bond donors (Lipinski definition) is 0. The highest BCUT2D eigenvalue weighted by Gasteiger charge is 2.16. The van der Waals surface area contributed by atoms with Crippen molar-refractivity contribution in [1.82, 2.24) is 29.9 Å². The first kappa shape index (κ1) is 17.9. The van der Waals surface area contributed by atoms with Crippen molar-refractivity contribution in [3.63, 3.8) is 0 Å². The van der Waals surface area contributed by atoms with E-state index in [0.29, 0.717) is 12.1 Å². The summed E-state index contributed by atoms with van der Waals surface area (Å²) in [6, 6.07) is 16.0. The average Bonchev–Trinajstić information content (AvgIpc) is 3.11. The van der Waals surface area contributed by atoms with Crippen LogP contribution in [0.25, 0.3) is 11.2 Å². The van der Waals surface area contributed by atoms with Crippen LogP contribution in [-0.2, 0) is 6.54 Å². The molecule has 4 aromatic rings. The van der Waals surface area contributed by atoms with E-state index in [1.54, 1.807) is 18.0 Å². The van der Waals surface area contributed by atoms with Gasteiger partial charge in [0, 0.05) is 11.9 Å². The summed E-state index contributed by atoms with van der Waals surface area (Å²) in [4.78, 5) is 13.8. The zero-order chi connectivity index (χ0) is 18.5. The molecule has 0 saturated carbocycles. The Hall–Kier alpha value is -2.45. The van der Waals surface area contributed by atoms with E-state index in [1.807, 2.05) is 41.1 Å². The first-order valence-corrected chi connectivity index (χ1v) is 10.5. The number of hydrogen-bond acceptors (Lipinski definition) is 7. The van der Waals surface area contributed by atoms with E-state index in [1.165, 1.54) is 11.8 Å². The molecule has 0 aliphatic carbocycles. The van der Waals surface area contributed by atoms with Gasteiger partial charge in [0.05, 0.1) is 6.54 Å². The summed E-state index contributed by atoms with van der Waals surface area (Å²) >= 11 is 3.15. The Morgan fingerprint density at radius 3 is 2.63 bits per heavy atom. The molecular weight excluding hydrogens is 376 g/mol. The Balaban J connectivity index is 1.74. The number of benzene rings is 1. The quantitative estimate of drug-likeness (QED) is 0.263. The SMILES string of the molecule is CCCSc1nc(Sc2ccccn2)c2nnn(Cc3ccccc3)c2n1. The molecule has 0 aliphatic heterocycles. The molecule has 136 valence electrons. The number of aromatic nitrogens is 6. The molecule has 3 heterocycles. The van der Waals surface area contributed by atoms with Crippen molar-refractivity contribution in [3.8, 4) is 0 Å². The van der Waals surface area contributed by atoms with Crippen molar-refractivity contribution in [2.45, 2.75) is 35.1 Å². The Morgan fingerprint density at radius 2 is 1.85 bits per heavy atom. The van der Waals surface area contributed by atoms with Crippen LogP contribution in [0.3, 0.4) is 0 Å². The number of nitrogens with zero attached hydrogens (tertiary/aromatic N) is 6. The van der Waals surface area contributed by atoms with Crippen molar-refractivity contribution in [2.24, 2.45) is 0 Å². The lowest BCUT2D eigenvalue weighted by Crippen LogP contribution is -2.04. The summed E-state index contributed by atoms with van der Waals surface area (Å²) in [6.45, 7) is 2.77. The van der Waals surface area contributed by atoms with Crippen molar-refractivity contribution >= 4 is 34.7 Å². The molecule has 0 bridgehead atoms. The smallest absolute Gasteiger partial charge is 0.190 e. The molecule has 8 heteroatoms. The van der Waals surface area contributed by atoms with Crippen LogP contribution in [0.1, 0.15) is 18.9 Å².